The summed E-state index contributed by atoms with van der Waals surface area (Å²) in [6, 6.07) is 10.2. The molecule has 4 rings (SSSR count). The van der Waals surface area contributed by atoms with E-state index in [1.165, 1.54) is 34.9 Å². The van der Waals surface area contributed by atoms with Crippen LogP contribution in [-0.2, 0) is 14.8 Å². The van der Waals surface area contributed by atoms with Gasteiger partial charge in [0, 0.05) is 18.5 Å². The lowest BCUT2D eigenvalue weighted by Crippen LogP contribution is -2.43. The van der Waals surface area contributed by atoms with Crippen molar-refractivity contribution in [3.05, 3.63) is 47.2 Å². The number of nitrogens with zero attached hydrogens (tertiary/aromatic N) is 2. The van der Waals surface area contributed by atoms with Gasteiger partial charge >= 0.3 is 0 Å². The number of amides is 1. The minimum absolute atomic E-state index is 0.156. The molecule has 1 N–H and O–H groups in total. The van der Waals surface area contributed by atoms with Crippen molar-refractivity contribution in [2.45, 2.75) is 17.7 Å². The fourth-order valence-corrected chi connectivity index (χ4v) is 6.35. The molecule has 158 valence electrons. The van der Waals surface area contributed by atoms with Crippen LogP contribution >= 0.6 is 22.7 Å². The van der Waals surface area contributed by atoms with Gasteiger partial charge in [-0.1, -0.05) is 6.07 Å². The number of anilines is 1. The number of nitrogens with one attached hydrogen (secondary N) is 1. The number of sulfonamides is 1. The lowest BCUT2D eigenvalue weighted by molar-refractivity contribution is -0.120. The van der Waals surface area contributed by atoms with Gasteiger partial charge in [-0.15, -0.1) is 22.7 Å². The molecular formula is C20H21N3O4S3. The van der Waals surface area contributed by atoms with E-state index in [9.17, 15) is 13.2 Å². The molecule has 7 nitrogen and oxygen atoms in total. The zero-order valence-corrected chi connectivity index (χ0v) is 18.7. The van der Waals surface area contributed by atoms with E-state index >= 15 is 0 Å². The van der Waals surface area contributed by atoms with Crippen LogP contribution in [0, 0.1) is 5.92 Å². The maximum Gasteiger partial charge on any atom is 0.243 e. The van der Waals surface area contributed by atoms with E-state index in [0.717, 1.165) is 10.6 Å². The number of hydrogen-bond donors (Lipinski definition) is 1. The number of piperidine rings is 1. The Morgan fingerprint density at radius 1 is 1.23 bits per heavy atom. The number of rotatable bonds is 6. The molecule has 0 bridgehead atoms. The molecule has 0 spiro atoms. The number of aromatic nitrogens is 1. The summed E-state index contributed by atoms with van der Waals surface area (Å²) in [7, 11) is -2.13. The topological polar surface area (TPSA) is 88.6 Å². The summed E-state index contributed by atoms with van der Waals surface area (Å²) in [5.41, 5.74) is 0.831. The second kappa shape index (κ2) is 8.84. The molecule has 1 aliphatic heterocycles. The average Bonchev–Trinajstić information content (AvgIpc) is 3.46. The third-order valence-corrected chi connectivity index (χ3v) is 8.49. The van der Waals surface area contributed by atoms with Gasteiger partial charge in [-0.25, -0.2) is 13.4 Å². The van der Waals surface area contributed by atoms with Crippen molar-refractivity contribution < 1.29 is 17.9 Å². The quantitative estimate of drug-likeness (QED) is 0.599. The lowest BCUT2D eigenvalue weighted by atomic mass is 9.99. The zero-order chi connectivity index (χ0) is 21.1. The van der Waals surface area contributed by atoms with Crippen molar-refractivity contribution in [1.29, 1.82) is 0 Å². The molecule has 30 heavy (non-hydrogen) atoms. The van der Waals surface area contributed by atoms with Crippen LogP contribution in [0.5, 0.6) is 5.75 Å². The Labute approximate surface area is 183 Å². The van der Waals surface area contributed by atoms with Crippen LogP contribution in [0.15, 0.2) is 52.1 Å². The number of thiazole rings is 1. The normalized spacial score (nSPS) is 17.6. The Balaban J connectivity index is 1.43. The van der Waals surface area contributed by atoms with Crippen molar-refractivity contribution in [1.82, 2.24) is 9.29 Å². The number of thiophene rings is 1. The van der Waals surface area contributed by atoms with Crippen molar-refractivity contribution in [3.63, 3.8) is 0 Å². The first-order chi connectivity index (χ1) is 14.5. The minimum Gasteiger partial charge on any atom is -0.497 e. The summed E-state index contributed by atoms with van der Waals surface area (Å²) in [5, 5.41) is 7.27. The molecule has 1 saturated heterocycles. The Hall–Kier alpha value is -2.27. The Morgan fingerprint density at radius 2 is 2.03 bits per heavy atom. The molecule has 3 heterocycles. The van der Waals surface area contributed by atoms with E-state index in [0.29, 0.717) is 30.3 Å². The van der Waals surface area contributed by atoms with E-state index < -0.39 is 15.9 Å². The molecule has 10 heteroatoms. The van der Waals surface area contributed by atoms with E-state index in [1.807, 2.05) is 22.9 Å². The molecule has 0 aliphatic carbocycles. The van der Waals surface area contributed by atoms with Crippen molar-refractivity contribution >= 4 is 43.7 Å². The van der Waals surface area contributed by atoms with Gasteiger partial charge in [0.25, 0.3) is 0 Å². The molecule has 1 amide bonds. The molecule has 1 fully saturated rings. The monoisotopic (exact) mass is 463 g/mol. The van der Waals surface area contributed by atoms with E-state index in [1.54, 1.807) is 23.5 Å². The van der Waals surface area contributed by atoms with Gasteiger partial charge in [-0.2, -0.15) is 4.31 Å². The summed E-state index contributed by atoms with van der Waals surface area (Å²) in [6.07, 6.45) is 1.27. The number of ether oxygens (including phenoxy) is 1. The number of methoxy groups -OCH3 is 1. The van der Waals surface area contributed by atoms with Gasteiger partial charge in [0.1, 0.15) is 5.75 Å². The van der Waals surface area contributed by atoms with E-state index in [2.05, 4.69) is 10.3 Å². The molecule has 1 aromatic carbocycles. The summed E-state index contributed by atoms with van der Waals surface area (Å²) in [6.45, 7) is 0.557. The lowest BCUT2D eigenvalue weighted by Gasteiger charge is -2.31. The molecule has 1 unspecified atom stereocenters. The van der Waals surface area contributed by atoms with Gasteiger partial charge < -0.3 is 10.1 Å². The first-order valence-electron chi connectivity index (χ1n) is 9.42. The highest BCUT2D eigenvalue weighted by Gasteiger charge is 2.33. The van der Waals surface area contributed by atoms with Crippen LogP contribution < -0.4 is 10.1 Å². The predicted octanol–water partition coefficient (Wildman–Crippen LogP) is 3.92. The summed E-state index contributed by atoms with van der Waals surface area (Å²) < 4.78 is 32.5. The molecule has 2 aromatic heterocycles. The van der Waals surface area contributed by atoms with Crippen LogP contribution in [0.25, 0.3) is 10.6 Å². The number of carbonyl (C=O) groups is 1. The highest BCUT2D eigenvalue weighted by atomic mass is 32.2. The highest BCUT2D eigenvalue weighted by Crippen LogP contribution is 2.30. The predicted molar refractivity (Wildman–Crippen MR) is 119 cm³/mol. The number of benzene rings is 1. The first-order valence-corrected chi connectivity index (χ1v) is 12.6. The van der Waals surface area contributed by atoms with Gasteiger partial charge in [0.05, 0.1) is 28.5 Å². The molecule has 0 saturated carbocycles. The van der Waals surface area contributed by atoms with Gasteiger partial charge in [-0.3, -0.25) is 4.79 Å². The van der Waals surface area contributed by atoms with Crippen molar-refractivity contribution in [3.8, 4) is 16.3 Å². The second-order valence-corrected chi connectivity index (χ2v) is 10.6. The van der Waals surface area contributed by atoms with Crippen LogP contribution in [0.4, 0.5) is 5.13 Å². The maximum atomic E-state index is 13.0. The molecule has 3 aromatic rings. The zero-order valence-electron chi connectivity index (χ0n) is 16.3. The minimum atomic E-state index is -3.67. The Morgan fingerprint density at radius 3 is 2.73 bits per heavy atom. The van der Waals surface area contributed by atoms with Crippen molar-refractivity contribution in [2.75, 3.05) is 25.5 Å². The number of carbonyl (C=O) groups excluding carboxylic acids is 1. The van der Waals surface area contributed by atoms with Gasteiger partial charge in [0.15, 0.2) is 5.13 Å². The summed E-state index contributed by atoms with van der Waals surface area (Å²) >= 11 is 2.96. The molecule has 0 radical (unpaired) electrons. The highest BCUT2D eigenvalue weighted by molar-refractivity contribution is 7.89. The average molecular weight is 464 g/mol. The fourth-order valence-electron chi connectivity index (χ4n) is 3.35. The number of hydrogen-bond acceptors (Lipinski definition) is 7. The smallest absolute Gasteiger partial charge is 0.243 e. The standard InChI is InChI=1S/C20H21N3O4S3/c1-27-15-6-8-16(9-7-15)30(25,26)23-10-2-4-14(12-23)19(24)22-20-21-17(13-29-20)18-5-3-11-28-18/h3,5-9,11,13-14H,2,4,10,12H2,1H3,(H,21,22,24). The third-order valence-electron chi connectivity index (χ3n) is 4.96. The summed E-state index contributed by atoms with van der Waals surface area (Å²) in [4.78, 5) is 18.5. The van der Waals surface area contributed by atoms with E-state index in [4.69, 9.17) is 4.74 Å². The fraction of sp³-hybridized carbons (Fsp3) is 0.300. The SMILES string of the molecule is COc1ccc(S(=O)(=O)N2CCCC(C(=O)Nc3nc(-c4cccs4)cs3)C2)cc1. The van der Waals surface area contributed by atoms with Gasteiger partial charge in [-0.05, 0) is 48.6 Å². The van der Waals surface area contributed by atoms with Crippen molar-refractivity contribution in [2.24, 2.45) is 5.92 Å². The van der Waals surface area contributed by atoms with E-state index in [-0.39, 0.29) is 17.3 Å². The van der Waals surface area contributed by atoms with Crippen LogP contribution in [-0.4, -0.2) is 43.8 Å². The first kappa shape index (κ1) is 21.0. The second-order valence-electron chi connectivity index (χ2n) is 6.88. The summed E-state index contributed by atoms with van der Waals surface area (Å²) in [5.74, 6) is -0.0206. The van der Waals surface area contributed by atoms with Crippen LogP contribution in [0.3, 0.4) is 0 Å². The molecular weight excluding hydrogens is 442 g/mol. The Bertz CT molecular complexity index is 1110. The maximum absolute atomic E-state index is 13.0. The van der Waals surface area contributed by atoms with Crippen LogP contribution in [0.1, 0.15) is 12.8 Å². The third kappa shape index (κ3) is 4.41. The largest absolute Gasteiger partial charge is 0.497 e. The Kier molecular flexibility index (Phi) is 6.19. The molecule has 1 aliphatic rings. The van der Waals surface area contributed by atoms with Gasteiger partial charge in [0.2, 0.25) is 15.9 Å². The van der Waals surface area contributed by atoms with Crippen LogP contribution in [0.2, 0.25) is 0 Å². The molecule has 1 atom stereocenters.